The predicted molar refractivity (Wildman–Crippen MR) is 63.4 cm³/mol. The van der Waals surface area contributed by atoms with Crippen molar-refractivity contribution in [2.45, 2.75) is 13.1 Å². The summed E-state index contributed by atoms with van der Waals surface area (Å²) in [6.07, 6.45) is -3.61. The van der Waals surface area contributed by atoms with Crippen molar-refractivity contribution in [2.75, 3.05) is 0 Å². The Hall–Kier alpha value is -2.31. The molecular weight excluding hydrogens is 278 g/mol. The molecule has 0 aliphatic carbocycles. The maximum Gasteiger partial charge on any atom is 0.419 e. The van der Waals surface area contributed by atoms with E-state index < -0.39 is 28.7 Å². The third-order valence-corrected chi connectivity index (χ3v) is 2.85. The topological polar surface area (TPSA) is 42.2 Å². The Morgan fingerprint density at radius 1 is 1.20 bits per heavy atom. The van der Waals surface area contributed by atoms with Gasteiger partial charge in [0.15, 0.2) is 5.75 Å². The first kappa shape index (κ1) is 14.1. The van der Waals surface area contributed by atoms with Gasteiger partial charge >= 0.3 is 6.18 Å². The van der Waals surface area contributed by atoms with Gasteiger partial charge in [-0.25, -0.2) is 4.39 Å². The molecule has 0 unspecified atom stereocenters. The SMILES string of the molecule is Cc1c(O)c(=O)ccn1-c1ccc(F)c(C(F)(F)F)c1. The fraction of sp³-hybridized carbons (Fsp3) is 0.154. The molecule has 0 saturated heterocycles. The number of aromatic nitrogens is 1. The second kappa shape index (κ2) is 4.66. The monoisotopic (exact) mass is 287 g/mol. The number of aromatic hydroxyl groups is 1. The van der Waals surface area contributed by atoms with Crippen LogP contribution in [0, 0.1) is 12.7 Å². The van der Waals surface area contributed by atoms with Crippen LogP contribution in [0.2, 0.25) is 0 Å². The molecule has 0 radical (unpaired) electrons. The molecule has 0 fully saturated rings. The largest absolute Gasteiger partial charge is 0.503 e. The van der Waals surface area contributed by atoms with E-state index in [2.05, 4.69) is 0 Å². The number of alkyl halides is 3. The molecule has 0 aliphatic rings. The van der Waals surface area contributed by atoms with E-state index in [1.807, 2.05) is 0 Å². The van der Waals surface area contributed by atoms with E-state index in [-0.39, 0.29) is 11.4 Å². The molecule has 0 saturated carbocycles. The first-order valence-corrected chi connectivity index (χ1v) is 5.50. The molecule has 1 aromatic heterocycles. The third-order valence-electron chi connectivity index (χ3n) is 2.85. The summed E-state index contributed by atoms with van der Waals surface area (Å²) in [4.78, 5) is 11.2. The van der Waals surface area contributed by atoms with E-state index in [1.165, 1.54) is 17.7 Å². The molecule has 1 aromatic carbocycles. The van der Waals surface area contributed by atoms with Gasteiger partial charge in [0.1, 0.15) is 5.82 Å². The van der Waals surface area contributed by atoms with Crippen molar-refractivity contribution in [1.82, 2.24) is 4.57 Å². The van der Waals surface area contributed by atoms with Crippen LogP contribution in [0.25, 0.3) is 5.69 Å². The molecule has 20 heavy (non-hydrogen) atoms. The summed E-state index contributed by atoms with van der Waals surface area (Å²) in [5.74, 6) is -1.95. The Morgan fingerprint density at radius 3 is 2.45 bits per heavy atom. The van der Waals surface area contributed by atoms with Gasteiger partial charge in [-0.3, -0.25) is 4.79 Å². The number of pyridine rings is 1. The molecule has 2 rings (SSSR count). The van der Waals surface area contributed by atoms with Crippen LogP contribution >= 0.6 is 0 Å². The molecule has 0 aliphatic heterocycles. The van der Waals surface area contributed by atoms with Gasteiger partial charge in [0.05, 0.1) is 11.3 Å². The number of hydrogen-bond acceptors (Lipinski definition) is 2. The average molecular weight is 287 g/mol. The Labute approximate surface area is 110 Å². The van der Waals surface area contributed by atoms with Crippen LogP contribution in [0.5, 0.6) is 5.75 Å². The normalized spacial score (nSPS) is 11.7. The van der Waals surface area contributed by atoms with E-state index in [0.717, 1.165) is 12.1 Å². The summed E-state index contributed by atoms with van der Waals surface area (Å²) in [6.45, 7) is 1.37. The Morgan fingerprint density at radius 2 is 1.85 bits per heavy atom. The fourth-order valence-electron chi connectivity index (χ4n) is 1.79. The molecule has 0 amide bonds. The highest BCUT2D eigenvalue weighted by Gasteiger charge is 2.34. The number of rotatable bonds is 1. The molecular formula is C13H9F4NO2. The molecule has 0 atom stereocenters. The van der Waals surface area contributed by atoms with Crippen LogP contribution in [0.15, 0.2) is 35.3 Å². The van der Waals surface area contributed by atoms with E-state index in [1.54, 1.807) is 0 Å². The Balaban J connectivity index is 2.66. The molecule has 106 valence electrons. The second-order valence-corrected chi connectivity index (χ2v) is 4.15. The van der Waals surface area contributed by atoms with Gasteiger partial charge in [0, 0.05) is 18.0 Å². The van der Waals surface area contributed by atoms with E-state index in [4.69, 9.17) is 0 Å². The van der Waals surface area contributed by atoms with Crippen molar-refractivity contribution in [3.05, 3.63) is 57.8 Å². The minimum atomic E-state index is -4.82. The molecule has 7 heteroatoms. The van der Waals surface area contributed by atoms with Crippen molar-refractivity contribution in [2.24, 2.45) is 0 Å². The summed E-state index contributed by atoms with van der Waals surface area (Å²) in [6, 6.07) is 3.44. The van der Waals surface area contributed by atoms with Crippen molar-refractivity contribution in [3.63, 3.8) is 0 Å². The van der Waals surface area contributed by atoms with E-state index in [9.17, 15) is 27.5 Å². The van der Waals surface area contributed by atoms with E-state index in [0.29, 0.717) is 12.1 Å². The van der Waals surface area contributed by atoms with Gasteiger partial charge < -0.3 is 9.67 Å². The minimum absolute atomic E-state index is 0.00785. The maximum absolute atomic E-state index is 13.2. The van der Waals surface area contributed by atoms with Crippen molar-refractivity contribution < 1.29 is 22.7 Å². The average Bonchev–Trinajstić information content (AvgIpc) is 2.36. The lowest BCUT2D eigenvalue weighted by molar-refractivity contribution is -0.140. The van der Waals surface area contributed by atoms with Crippen LogP contribution in [0.1, 0.15) is 11.3 Å². The van der Waals surface area contributed by atoms with Crippen LogP contribution in [0.3, 0.4) is 0 Å². The summed E-state index contributed by atoms with van der Waals surface area (Å²) < 4.78 is 52.3. The summed E-state index contributed by atoms with van der Waals surface area (Å²) >= 11 is 0. The van der Waals surface area contributed by atoms with Crippen LogP contribution in [0.4, 0.5) is 17.6 Å². The lowest BCUT2D eigenvalue weighted by atomic mass is 10.1. The van der Waals surface area contributed by atoms with E-state index >= 15 is 0 Å². The molecule has 1 N–H and O–H groups in total. The number of hydrogen-bond donors (Lipinski definition) is 1. The van der Waals surface area contributed by atoms with Crippen LogP contribution in [-0.2, 0) is 6.18 Å². The molecule has 0 spiro atoms. The zero-order valence-electron chi connectivity index (χ0n) is 10.2. The van der Waals surface area contributed by atoms with Crippen molar-refractivity contribution in [1.29, 1.82) is 0 Å². The first-order valence-electron chi connectivity index (χ1n) is 5.50. The van der Waals surface area contributed by atoms with Crippen LogP contribution < -0.4 is 5.43 Å². The van der Waals surface area contributed by atoms with Gasteiger partial charge in [0.25, 0.3) is 0 Å². The number of benzene rings is 1. The van der Waals surface area contributed by atoms with Gasteiger partial charge in [-0.1, -0.05) is 0 Å². The maximum atomic E-state index is 13.2. The Kier molecular flexibility index (Phi) is 3.29. The molecule has 0 bridgehead atoms. The molecule has 3 nitrogen and oxygen atoms in total. The fourth-order valence-corrected chi connectivity index (χ4v) is 1.79. The second-order valence-electron chi connectivity index (χ2n) is 4.15. The third kappa shape index (κ3) is 2.38. The minimum Gasteiger partial charge on any atom is -0.503 e. The molecule has 1 heterocycles. The smallest absolute Gasteiger partial charge is 0.419 e. The predicted octanol–water partition coefficient (Wildman–Crippen LogP) is 3.01. The summed E-state index contributed by atoms with van der Waals surface area (Å²) in [5, 5.41) is 9.50. The number of nitrogens with zero attached hydrogens (tertiary/aromatic N) is 1. The highest BCUT2D eigenvalue weighted by Crippen LogP contribution is 2.33. The van der Waals surface area contributed by atoms with Gasteiger partial charge in [-0.15, -0.1) is 0 Å². The highest BCUT2D eigenvalue weighted by atomic mass is 19.4. The summed E-state index contributed by atoms with van der Waals surface area (Å²) in [7, 11) is 0. The lowest BCUT2D eigenvalue weighted by Gasteiger charge is -2.14. The first-order chi connectivity index (χ1) is 9.21. The zero-order chi connectivity index (χ0) is 15.1. The number of halogens is 4. The van der Waals surface area contributed by atoms with Gasteiger partial charge in [-0.2, -0.15) is 13.2 Å². The zero-order valence-corrected chi connectivity index (χ0v) is 10.2. The summed E-state index contributed by atoms with van der Waals surface area (Å²) in [5.41, 5.74) is -1.99. The standard InChI is InChI=1S/C13H9F4NO2/c1-7-12(20)11(19)4-5-18(7)8-2-3-10(14)9(6-8)13(15,16)17/h2-6,20H,1H3. The lowest BCUT2D eigenvalue weighted by Crippen LogP contribution is -2.12. The van der Waals surface area contributed by atoms with Crippen molar-refractivity contribution in [3.8, 4) is 11.4 Å². The van der Waals surface area contributed by atoms with Crippen molar-refractivity contribution >= 4 is 0 Å². The van der Waals surface area contributed by atoms with Gasteiger partial charge in [0.2, 0.25) is 5.43 Å². The highest BCUT2D eigenvalue weighted by molar-refractivity contribution is 5.42. The van der Waals surface area contributed by atoms with Crippen LogP contribution in [-0.4, -0.2) is 9.67 Å². The van der Waals surface area contributed by atoms with Gasteiger partial charge in [-0.05, 0) is 25.1 Å². The Bertz CT molecular complexity index is 719. The molecule has 2 aromatic rings. The quantitative estimate of drug-likeness (QED) is 0.819.